The van der Waals surface area contributed by atoms with Crippen LogP contribution in [0.5, 0.6) is 0 Å². The van der Waals surface area contributed by atoms with Gasteiger partial charge in [-0.1, -0.05) is 17.7 Å². The number of carbonyl (C=O) groups is 2. The van der Waals surface area contributed by atoms with Crippen molar-refractivity contribution in [2.45, 2.75) is 32.9 Å². The van der Waals surface area contributed by atoms with Gasteiger partial charge in [0.1, 0.15) is 5.60 Å². The molecule has 0 bridgehead atoms. The summed E-state index contributed by atoms with van der Waals surface area (Å²) in [4.78, 5) is 30.6. The van der Waals surface area contributed by atoms with E-state index in [0.717, 1.165) is 18.7 Å². The van der Waals surface area contributed by atoms with Gasteiger partial charge in [-0.05, 0) is 38.5 Å². The van der Waals surface area contributed by atoms with E-state index in [4.69, 9.17) is 21.1 Å². The first-order valence-corrected chi connectivity index (χ1v) is 10.5. The number of hydrogen-bond acceptors (Lipinski definition) is 5. The second kappa shape index (κ2) is 9.32. The summed E-state index contributed by atoms with van der Waals surface area (Å²) in [6.07, 6.45) is -0.263. The average molecular weight is 424 g/mol. The van der Waals surface area contributed by atoms with Gasteiger partial charge in [-0.2, -0.15) is 0 Å². The Hall–Kier alpha value is -1.83. The maximum Gasteiger partial charge on any atom is 0.410 e. The molecular formula is C21H30ClN3O4. The third-order valence-electron chi connectivity index (χ3n) is 5.02. The molecule has 1 aromatic carbocycles. The molecule has 1 aromatic rings. The lowest BCUT2D eigenvalue weighted by Gasteiger charge is -2.35. The average Bonchev–Trinajstić information content (AvgIpc) is 2.69. The van der Waals surface area contributed by atoms with Crippen LogP contribution < -0.4 is 0 Å². The van der Waals surface area contributed by atoms with Crippen molar-refractivity contribution >= 4 is 23.6 Å². The lowest BCUT2D eigenvalue weighted by atomic mass is 10.1. The van der Waals surface area contributed by atoms with Gasteiger partial charge >= 0.3 is 6.09 Å². The van der Waals surface area contributed by atoms with Gasteiger partial charge in [-0.25, -0.2) is 4.79 Å². The molecule has 2 saturated heterocycles. The molecule has 8 heteroatoms. The predicted molar refractivity (Wildman–Crippen MR) is 111 cm³/mol. The Morgan fingerprint density at radius 3 is 2.28 bits per heavy atom. The number of amides is 2. The highest BCUT2D eigenvalue weighted by molar-refractivity contribution is 6.31. The van der Waals surface area contributed by atoms with Crippen LogP contribution in [-0.2, 0) is 16.0 Å². The largest absolute Gasteiger partial charge is 0.444 e. The van der Waals surface area contributed by atoms with Crippen LogP contribution in [0.25, 0.3) is 0 Å². The fourth-order valence-corrected chi connectivity index (χ4v) is 3.65. The Balaban J connectivity index is 1.53. The van der Waals surface area contributed by atoms with E-state index >= 15 is 0 Å². The van der Waals surface area contributed by atoms with E-state index in [1.807, 2.05) is 32.9 Å². The number of morpholine rings is 1. The predicted octanol–water partition coefficient (Wildman–Crippen LogP) is 2.87. The van der Waals surface area contributed by atoms with Gasteiger partial charge in [-0.3, -0.25) is 9.69 Å². The zero-order valence-corrected chi connectivity index (χ0v) is 18.2. The first-order chi connectivity index (χ1) is 13.7. The lowest BCUT2D eigenvalue weighted by molar-refractivity contribution is 0.0139. The van der Waals surface area contributed by atoms with Crippen LogP contribution in [-0.4, -0.2) is 84.8 Å². The van der Waals surface area contributed by atoms with Gasteiger partial charge in [0.25, 0.3) is 5.91 Å². The molecule has 2 fully saturated rings. The Morgan fingerprint density at radius 1 is 1.03 bits per heavy atom. The summed E-state index contributed by atoms with van der Waals surface area (Å²) in [6, 6.07) is 5.53. The molecule has 0 spiro atoms. The van der Waals surface area contributed by atoms with Gasteiger partial charge in [0.15, 0.2) is 0 Å². The third kappa shape index (κ3) is 6.07. The smallest absolute Gasteiger partial charge is 0.410 e. The maximum atomic E-state index is 12.6. The highest BCUT2D eigenvalue weighted by Gasteiger charge is 2.26. The molecule has 2 aliphatic rings. The van der Waals surface area contributed by atoms with E-state index in [2.05, 4.69) is 4.90 Å². The van der Waals surface area contributed by atoms with Crippen LogP contribution in [0, 0.1) is 0 Å². The van der Waals surface area contributed by atoms with Crippen molar-refractivity contribution in [2.75, 3.05) is 52.5 Å². The Morgan fingerprint density at radius 2 is 1.69 bits per heavy atom. The quantitative estimate of drug-likeness (QED) is 0.748. The van der Waals surface area contributed by atoms with Crippen LogP contribution in [0.4, 0.5) is 4.79 Å². The van der Waals surface area contributed by atoms with E-state index in [1.165, 1.54) is 0 Å². The Kier molecular flexibility index (Phi) is 7.03. The number of nitrogens with zero attached hydrogens (tertiary/aromatic N) is 3. The number of piperazine rings is 1. The number of carbonyl (C=O) groups excluding carboxylic acids is 2. The summed E-state index contributed by atoms with van der Waals surface area (Å²) < 4.78 is 10.7. The van der Waals surface area contributed by atoms with Crippen LogP contribution >= 0.6 is 11.6 Å². The molecule has 2 aliphatic heterocycles. The first kappa shape index (κ1) is 21.9. The summed E-state index contributed by atoms with van der Waals surface area (Å²) in [5.74, 6) is -0.00674. The molecular weight excluding hydrogens is 394 g/mol. The Labute approximate surface area is 177 Å². The van der Waals surface area contributed by atoms with Gasteiger partial charge in [-0.15, -0.1) is 0 Å². The molecule has 0 aliphatic carbocycles. The van der Waals surface area contributed by atoms with Crippen molar-refractivity contribution in [2.24, 2.45) is 0 Å². The minimum Gasteiger partial charge on any atom is -0.444 e. The molecule has 0 atom stereocenters. The van der Waals surface area contributed by atoms with Crippen LogP contribution in [0.1, 0.15) is 36.7 Å². The van der Waals surface area contributed by atoms with Crippen LogP contribution in [0.15, 0.2) is 18.2 Å². The summed E-state index contributed by atoms with van der Waals surface area (Å²) in [7, 11) is 0. The highest BCUT2D eigenvalue weighted by atomic mass is 35.5. The molecule has 0 aromatic heterocycles. The summed E-state index contributed by atoms with van der Waals surface area (Å²) in [5.41, 5.74) is 1.11. The highest BCUT2D eigenvalue weighted by Crippen LogP contribution is 2.22. The van der Waals surface area contributed by atoms with Crippen molar-refractivity contribution in [1.82, 2.24) is 14.7 Å². The summed E-state index contributed by atoms with van der Waals surface area (Å²) in [6.45, 7) is 11.4. The van der Waals surface area contributed by atoms with Crippen molar-refractivity contribution in [3.8, 4) is 0 Å². The SMILES string of the molecule is CC(C)(C)OC(=O)N1CCN(Cc2ccc(C(=O)N3CCOCC3)cc2Cl)CC1. The number of hydrogen-bond donors (Lipinski definition) is 0. The number of ether oxygens (including phenoxy) is 2. The van der Waals surface area contributed by atoms with E-state index < -0.39 is 5.60 Å². The molecule has 2 heterocycles. The van der Waals surface area contributed by atoms with Crippen molar-refractivity contribution in [3.05, 3.63) is 34.3 Å². The van der Waals surface area contributed by atoms with E-state index in [-0.39, 0.29) is 12.0 Å². The van der Waals surface area contributed by atoms with Crippen molar-refractivity contribution in [1.29, 1.82) is 0 Å². The van der Waals surface area contributed by atoms with Crippen molar-refractivity contribution in [3.63, 3.8) is 0 Å². The summed E-state index contributed by atoms with van der Waals surface area (Å²) in [5, 5.41) is 0.596. The molecule has 29 heavy (non-hydrogen) atoms. The zero-order chi connectivity index (χ0) is 21.0. The molecule has 7 nitrogen and oxygen atoms in total. The topological polar surface area (TPSA) is 62.3 Å². The summed E-state index contributed by atoms with van der Waals surface area (Å²) >= 11 is 6.48. The molecule has 0 saturated carbocycles. The van der Waals surface area contributed by atoms with E-state index in [9.17, 15) is 9.59 Å². The molecule has 0 N–H and O–H groups in total. The lowest BCUT2D eigenvalue weighted by Crippen LogP contribution is -2.49. The second-order valence-corrected chi connectivity index (χ2v) is 8.86. The van der Waals surface area contributed by atoms with Crippen molar-refractivity contribution < 1.29 is 19.1 Å². The normalized spacial score (nSPS) is 18.6. The first-order valence-electron chi connectivity index (χ1n) is 10.1. The van der Waals surface area contributed by atoms with Gasteiger partial charge in [0.2, 0.25) is 0 Å². The number of rotatable bonds is 3. The maximum absolute atomic E-state index is 12.6. The van der Waals surface area contributed by atoms with E-state index in [0.29, 0.717) is 56.5 Å². The minimum absolute atomic E-state index is 0.00674. The molecule has 0 radical (unpaired) electrons. The fourth-order valence-electron chi connectivity index (χ4n) is 3.41. The van der Waals surface area contributed by atoms with Crippen LogP contribution in [0.3, 0.4) is 0 Å². The molecule has 0 unspecified atom stereocenters. The van der Waals surface area contributed by atoms with Gasteiger partial charge < -0.3 is 19.3 Å². The van der Waals surface area contributed by atoms with E-state index in [1.54, 1.807) is 15.9 Å². The number of benzene rings is 1. The molecule has 2 amide bonds. The van der Waals surface area contributed by atoms with Gasteiger partial charge in [0, 0.05) is 56.4 Å². The number of halogens is 1. The van der Waals surface area contributed by atoms with Gasteiger partial charge in [0.05, 0.1) is 13.2 Å². The molecule has 3 rings (SSSR count). The fraction of sp³-hybridized carbons (Fsp3) is 0.619. The minimum atomic E-state index is -0.484. The second-order valence-electron chi connectivity index (χ2n) is 8.45. The molecule has 160 valence electrons. The zero-order valence-electron chi connectivity index (χ0n) is 17.4. The third-order valence-corrected chi connectivity index (χ3v) is 5.37. The monoisotopic (exact) mass is 423 g/mol. The standard InChI is InChI=1S/C21H30ClN3O4/c1-21(2,3)29-20(27)25-8-6-23(7-9-25)15-17-5-4-16(14-18(17)22)19(26)24-10-12-28-13-11-24/h4-5,14H,6-13,15H2,1-3H3. The Bertz CT molecular complexity index is 736. The van der Waals surface area contributed by atoms with Crippen LogP contribution in [0.2, 0.25) is 5.02 Å².